The molecule has 3 aromatic rings. The molecule has 0 fully saturated rings. The van der Waals surface area contributed by atoms with Gasteiger partial charge in [-0.15, -0.1) is 0 Å². The van der Waals surface area contributed by atoms with Crippen molar-refractivity contribution in [3.05, 3.63) is 101 Å². The number of aryl methyl sites for hydroxylation is 3. The van der Waals surface area contributed by atoms with Crippen LogP contribution in [0.25, 0.3) is 5.57 Å². The van der Waals surface area contributed by atoms with Gasteiger partial charge in [-0.1, -0.05) is 54.1 Å². The number of benzene rings is 3. The minimum atomic E-state index is -0.315. The van der Waals surface area contributed by atoms with E-state index in [1.807, 2.05) is 101 Å². The van der Waals surface area contributed by atoms with Crippen molar-refractivity contribution in [1.29, 1.82) is 0 Å². The molecule has 0 saturated heterocycles. The highest BCUT2D eigenvalue weighted by Crippen LogP contribution is 2.36. The number of carbonyl (C=O) groups excluding carboxylic acids is 2. The van der Waals surface area contributed by atoms with Gasteiger partial charge in [-0.2, -0.15) is 0 Å². The molecule has 0 radical (unpaired) electrons. The van der Waals surface area contributed by atoms with E-state index in [2.05, 4.69) is 0 Å². The van der Waals surface area contributed by atoms with Crippen molar-refractivity contribution >= 4 is 28.8 Å². The summed E-state index contributed by atoms with van der Waals surface area (Å²) in [5, 5.41) is 0. The quantitative estimate of drug-likeness (QED) is 0.581. The molecule has 0 saturated carbocycles. The maximum Gasteiger partial charge on any atom is 0.282 e. The number of hydrogen-bond donors (Lipinski definition) is 0. The van der Waals surface area contributed by atoms with E-state index in [-0.39, 0.29) is 11.8 Å². The molecule has 0 atom stereocenters. The van der Waals surface area contributed by atoms with Crippen LogP contribution in [0.3, 0.4) is 0 Å². The first-order chi connectivity index (χ1) is 14.4. The minimum absolute atomic E-state index is 0.301. The molecule has 1 aliphatic heterocycles. The summed E-state index contributed by atoms with van der Waals surface area (Å²) in [5.41, 5.74) is 6.23. The SMILES string of the molecule is Cc1ccc(C2=C(N(C)c3ccccc3)C(=O)N(c3ccc(C)c(C)c3)C2=O)cc1. The molecular formula is C26H24N2O2. The van der Waals surface area contributed by atoms with Crippen LogP contribution >= 0.6 is 0 Å². The highest BCUT2D eigenvalue weighted by molar-refractivity contribution is 6.46. The van der Waals surface area contributed by atoms with Gasteiger partial charge >= 0.3 is 0 Å². The number of imide groups is 1. The van der Waals surface area contributed by atoms with Gasteiger partial charge < -0.3 is 4.90 Å². The standard InChI is InChI=1S/C26H24N2O2/c1-17-10-13-20(14-11-17)23-24(27(4)21-8-6-5-7-9-21)26(30)28(25(23)29)22-15-12-18(2)19(3)16-22/h5-16H,1-4H3. The second kappa shape index (κ2) is 7.64. The molecular weight excluding hydrogens is 372 g/mol. The number of nitrogens with zero attached hydrogens (tertiary/aromatic N) is 2. The molecule has 3 aromatic carbocycles. The van der Waals surface area contributed by atoms with Gasteiger partial charge in [0.05, 0.1) is 11.3 Å². The van der Waals surface area contributed by atoms with E-state index in [0.717, 1.165) is 27.9 Å². The van der Waals surface area contributed by atoms with Crippen LogP contribution < -0.4 is 9.80 Å². The van der Waals surface area contributed by atoms with E-state index in [1.165, 1.54) is 4.90 Å². The van der Waals surface area contributed by atoms with Crippen molar-refractivity contribution in [2.24, 2.45) is 0 Å². The van der Waals surface area contributed by atoms with Gasteiger partial charge in [-0.3, -0.25) is 9.59 Å². The Morgan fingerprint density at radius 1 is 0.733 bits per heavy atom. The number of carbonyl (C=O) groups is 2. The second-order valence-corrected chi connectivity index (χ2v) is 7.70. The van der Waals surface area contributed by atoms with Crippen molar-refractivity contribution in [2.75, 3.05) is 16.8 Å². The summed E-state index contributed by atoms with van der Waals surface area (Å²) in [6.45, 7) is 5.99. The van der Waals surface area contributed by atoms with Crippen molar-refractivity contribution in [2.45, 2.75) is 20.8 Å². The summed E-state index contributed by atoms with van der Waals surface area (Å²) < 4.78 is 0. The summed E-state index contributed by atoms with van der Waals surface area (Å²) in [5.74, 6) is -0.616. The van der Waals surface area contributed by atoms with E-state index in [4.69, 9.17) is 0 Å². The first-order valence-corrected chi connectivity index (χ1v) is 9.94. The molecule has 0 N–H and O–H groups in total. The zero-order valence-corrected chi connectivity index (χ0v) is 17.6. The van der Waals surface area contributed by atoms with Crippen molar-refractivity contribution in [3.63, 3.8) is 0 Å². The van der Waals surface area contributed by atoms with Crippen molar-refractivity contribution in [1.82, 2.24) is 0 Å². The number of anilines is 2. The van der Waals surface area contributed by atoms with Gasteiger partial charge in [-0.25, -0.2) is 4.90 Å². The Morgan fingerprint density at radius 3 is 2.03 bits per heavy atom. The summed E-state index contributed by atoms with van der Waals surface area (Å²) >= 11 is 0. The monoisotopic (exact) mass is 396 g/mol. The Hall–Kier alpha value is -3.66. The van der Waals surface area contributed by atoms with E-state index in [0.29, 0.717) is 17.0 Å². The third kappa shape index (κ3) is 3.30. The average Bonchev–Trinajstić information content (AvgIpc) is 3.01. The van der Waals surface area contributed by atoms with Crippen LogP contribution in [-0.2, 0) is 9.59 Å². The molecule has 0 unspecified atom stereocenters. The van der Waals surface area contributed by atoms with Gasteiger partial charge in [0.2, 0.25) is 0 Å². The molecule has 4 nitrogen and oxygen atoms in total. The van der Waals surface area contributed by atoms with Crippen LogP contribution in [-0.4, -0.2) is 18.9 Å². The Kier molecular flexibility index (Phi) is 5.00. The smallest absolute Gasteiger partial charge is 0.282 e. The first kappa shape index (κ1) is 19.6. The summed E-state index contributed by atoms with van der Waals surface area (Å²) in [4.78, 5) is 30.2. The molecule has 1 heterocycles. The van der Waals surface area contributed by atoms with Gasteiger partial charge in [0, 0.05) is 12.7 Å². The second-order valence-electron chi connectivity index (χ2n) is 7.70. The number of likely N-dealkylation sites (N-methyl/N-ethyl adjacent to an activating group) is 1. The van der Waals surface area contributed by atoms with Crippen LogP contribution in [0.4, 0.5) is 11.4 Å². The highest BCUT2D eigenvalue weighted by Gasteiger charge is 2.42. The molecule has 0 aromatic heterocycles. The Labute approximate surface area is 177 Å². The van der Waals surface area contributed by atoms with E-state index >= 15 is 0 Å². The van der Waals surface area contributed by atoms with Crippen LogP contribution in [0, 0.1) is 20.8 Å². The summed E-state index contributed by atoms with van der Waals surface area (Å²) in [7, 11) is 1.83. The van der Waals surface area contributed by atoms with Gasteiger partial charge in [-0.05, 0) is 61.7 Å². The molecule has 0 aliphatic carbocycles. The first-order valence-electron chi connectivity index (χ1n) is 9.94. The van der Waals surface area contributed by atoms with Crippen LogP contribution in [0.15, 0.2) is 78.5 Å². The normalized spacial score (nSPS) is 13.9. The Bertz CT molecular complexity index is 1160. The highest BCUT2D eigenvalue weighted by atomic mass is 16.2. The minimum Gasteiger partial charge on any atom is -0.339 e. The molecule has 0 bridgehead atoms. The van der Waals surface area contributed by atoms with E-state index < -0.39 is 0 Å². The largest absolute Gasteiger partial charge is 0.339 e. The number of para-hydroxylation sites is 1. The molecule has 4 heteroatoms. The molecule has 4 rings (SSSR count). The summed E-state index contributed by atoms with van der Waals surface area (Å²) in [6.07, 6.45) is 0. The van der Waals surface area contributed by atoms with Gasteiger partial charge in [0.15, 0.2) is 0 Å². The lowest BCUT2D eigenvalue weighted by atomic mass is 10.0. The average molecular weight is 396 g/mol. The Balaban J connectivity index is 1.88. The van der Waals surface area contributed by atoms with Crippen molar-refractivity contribution in [3.8, 4) is 0 Å². The van der Waals surface area contributed by atoms with Crippen molar-refractivity contribution < 1.29 is 9.59 Å². The van der Waals surface area contributed by atoms with Gasteiger partial charge in [0.1, 0.15) is 5.70 Å². The van der Waals surface area contributed by atoms with Gasteiger partial charge in [0.25, 0.3) is 11.8 Å². The lowest BCUT2D eigenvalue weighted by molar-refractivity contribution is -0.120. The Morgan fingerprint density at radius 2 is 1.40 bits per heavy atom. The lowest BCUT2D eigenvalue weighted by Gasteiger charge is -2.22. The fourth-order valence-electron chi connectivity index (χ4n) is 3.69. The fourth-order valence-corrected chi connectivity index (χ4v) is 3.69. The molecule has 150 valence electrons. The van der Waals surface area contributed by atoms with E-state index in [1.54, 1.807) is 4.90 Å². The topological polar surface area (TPSA) is 40.6 Å². The maximum atomic E-state index is 13.6. The molecule has 0 spiro atoms. The number of amides is 2. The predicted octanol–water partition coefficient (Wildman–Crippen LogP) is 5.03. The lowest BCUT2D eigenvalue weighted by Crippen LogP contribution is -2.34. The number of rotatable bonds is 4. The van der Waals surface area contributed by atoms with Crippen LogP contribution in [0.2, 0.25) is 0 Å². The third-order valence-corrected chi connectivity index (χ3v) is 5.63. The fraction of sp³-hybridized carbons (Fsp3) is 0.154. The summed E-state index contributed by atoms with van der Waals surface area (Å²) in [6, 6.07) is 23.0. The van der Waals surface area contributed by atoms with E-state index in [9.17, 15) is 9.59 Å². The molecule has 30 heavy (non-hydrogen) atoms. The third-order valence-electron chi connectivity index (χ3n) is 5.63. The molecule has 2 amide bonds. The number of hydrogen-bond acceptors (Lipinski definition) is 3. The zero-order chi connectivity index (χ0) is 21.4. The zero-order valence-electron chi connectivity index (χ0n) is 17.6. The maximum absolute atomic E-state index is 13.6. The predicted molar refractivity (Wildman–Crippen MR) is 121 cm³/mol. The molecule has 1 aliphatic rings. The van der Waals surface area contributed by atoms with Crippen LogP contribution in [0.1, 0.15) is 22.3 Å². The van der Waals surface area contributed by atoms with Crippen LogP contribution in [0.5, 0.6) is 0 Å².